The van der Waals surface area contributed by atoms with Crippen molar-refractivity contribution in [2.45, 2.75) is 0 Å². The Kier molecular flexibility index (Phi) is 7.45. The fourth-order valence-electron chi connectivity index (χ4n) is 3.27. The third-order valence-electron chi connectivity index (χ3n) is 4.84. The number of methoxy groups -OCH3 is 1. The van der Waals surface area contributed by atoms with Gasteiger partial charge in [0, 0.05) is 37.9 Å². The molecule has 1 amide bonds. The number of nitrogens with one attached hydrogen (secondary N) is 1. The fourth-order valence-corrected chi connectivity index (χ4v) is 3.27. The summed E-state index contributed by atoms with van der Waals surface area (Å²) in [7, 11) is 1.27. The highest BCUT2D eigenvalue weighted by Gasteiger charge is 2.34. The molecule has 0 atom stereocenters. The highest BCUT2D eigenvalue weighted by Crippen LogP contribution is 2.25. The molecular weight excluding hydrogens is 378 g/mol. The number of aliphatic hydroxyl groups excluding tert-OH is 1. The molecule has 1 aromatic rings. The molecule has 0 unspecified atom stereocenters. The third-order valence-corrected chi connectivity index (χ3v) is 4.84. The van der Waals surface area contributed by atoms with E-state index in [0.717, 1.165) is 32.8 Å². The highest BCUT2D eigenvalue weighted by atomic mass is 16.5. The van der Waals surface area contributed by atoms with Gasteiger partial charge >= 0.3 is 5.97 Å². The first kappa shape index (κ1) is 21.1. The predicted octanol–water partition coefficient (Wildman–Crippen LogP) is 0.0711. The van der Waals surface area contributed by atoms with Crippen LogP contribution >= 0.6 is 0 Å². The molecule has 0 bridgehead atoms. The molecule has 9 nitrogen and oxygen atoms in total. The van der Waals surface area contributed by atoms with E-state index >= 15 is 0 Å². The quantitative estimate of drug-likeness (QED) is 0.557. The Hall–Kier alpha value is -2.62. The van der Waals surface area contributed by atoms with Gasteiger partial charge in [-0.2, -0.15) is 0 Å². The first-order valence-corrected chi connectivity index (χ1v) is 9.64. The summed E-state index contributed by atoms with van der Waals surface area (Å²) in [6, 6.07) is 7.23. The number of amides is 1. The van der Waals surface area contributed by atoms with Crippen LogP contribution in [0.3, 0.4) is 0 Å². The fraction of sp³-hybridized carbons (Fsp3) is 0.500. The average Bonchev–Trinajstić information content (AvgIpc) is 3.04. The molecular formula is C20H27N3O6. The van der Waals surface area contributed by atoms with E-state index in [1.165, 1.54) is 12.0 Å². The largest absolute Gasteiger partial charge is 0.492 e. The van der Waals surface area contributed by atoms with Gasteiger partial charge in [0.15, 0.2) is 0 Å². The van der Waals surface area contributed by atoms with Gasteiger partial charge in [-0.05, 0) is 12.1 Å². The minimum Gasteiger partial charge on any atom is -0.492 e. The lowest BCUT2D eigenvalue weighted by Crippen LogP contribution is -2.38. The van der Waals surface area contributed by atoms with Crippen LogP contribution in [0.25, 0.3) is 0 Å². The number of morpholine rings is 1. The zero-order valence-corrected chi connectivity index (χ0v) is 16.6. The molecule has 0 radical (unpaired) electrons. The number of β-amino-alcohol motifs (C(OH)–C–C–N with tert-alkyl or cyclic N) is 1. The second kappa shape index (κ2) is 10.2. The van der Waals surface area contributed by atoms with E-state index in [1.807, 2.05) is 12.1 Å². The van der Waals surface area contributed by atoms with Gasteiger partial charge in [0.05, 0.1) is 39.0 Å². The Morgan fingerprint density at radius 3 is 2.79 bits per heavy atom. The summed E-state index contributed by atoms with van der Waals surface area (Å²) < 4.78 is 16.0. The van der Waals surface area contributed by atoms with Crippen molar-refractivity contribution in [3.05, 3.63) is 35.5 Å². The summed E-state index contributed by atoms with van der Waals surface area (Å²) in [5, 5.41) is 12.2. The normalized spacial score (nSPS) is 17.6. The van der Waals surface area contributed by atoms with Gasteiger partial charge in [0.1, 0.15) is 18.1 Å². The van der Waals surface area contributed by atoms with Crippen molar-refractivity contribution >= 4 is 17.6 Å². The zero-order valence-electron chi connectivity index (χ0n) is 16.6. The summed E-state index contributed by atoms with van der Waals surface area (Å²) in [5.74, 6) is -0.251. The number of hydrogen-bond donors (Lipinski definition) is 2. The van der Waals surface area contributed by atoms with Gasteiger partial charge in [-0.15, -0.1) is 0 Å². The van der Waals surface area contributed by atoms with E-state index in [2.05, 4.69) is 10.2 Å². The van der Waals surface area contributed by atoms with E-state index in [9.17, 15) is 9.59 Å². The molecule has 9 heteroatoms. The molecule has 1 aromatic carbocycles. The van der Waals surface area contributed by atoms with E-state index in [4.69, 9.17) is 19.3 Å². The molecule has 29 heavy (non-hydrogen) atoms. The van der Waals surface area contributed by atoms with Gasteiger partial charge < -0.3 is 29.5 Å². The molecule has 0 saturated carbocycles. The summed E-state index contributed by atoms with van der Waals surface area (Å²) in [4.78, 5) is 28.4. The Morgan fingerprint density at radius 2 is 2.07 bits per heavy atom. The van der Waals surface area contributed by atoms with Crippen LogP contribution in [0.1, 0.15) is 0 Å². The molecule has 2 aliphatic heterocycles. The van der Waals surface area contributed by atoms with E-state index in [-0.39, 0.29) is 36.9 Å². The van der Waals surface area contributed by atoms with Crippen molar-refractivity contribution in [3.63, 3.8) is 0 Å². The molecule has 1 fully saturated rings. The summed E-state index contributed by atoms with van der Waals surface area (Å²) in [6.45, 7) is 4.73. The van der Waals surface area contributed by atoms with Gasteiger partial charge in [0.2, 0.25) is 0 Å². The monoisotopic (exact) mass is 405 g/mol. The number of rotatable bonds is 9. The highest BCUT2D eigenvalue weighted by molar-refractivity contribution is 6.08. The second-order valence-corrected chi connectivity index (χ2v) is 6.75. The topological polar surface area (TPSA) is 101 Å². The van der Waals surface area contributed by atoms with Crippen LogP contribution in [0.15, 0.2) is 35.5 Å². The number of carbonyl (C=O) groups excluding carboxylic acids is 2. The maximum Gasteiger partial charge on any atom is 0.337 e. The third kappa shape index (κ3) is 5.47. The number of ether oxygens (including phenoxy) is 3. The van der Waals surface area contributed by atoms with Gasteiger partial charge in [-0.1, -0.05) is 6.07 Å². The van der Waals surface area contributed by atoms with E-state index < -0.39 is 5.97 Å². The number of nitrogens with zero attached hydrogens (tertiary/aromatic N) is 2. The average molecular weight is 405 g/mol. The van der Waals surface area contributed by atoms with Crippen molar-refractivity contribution in [1.29, 1.82) is 0 Å². The summed E-state index contributed by atoms with van der Waals surface area (Å²) in [6.07, 6.45) is 0. The van der Waals surface area contributed by atoms with E-state index in [1.54, 1.807) is 12.1 Å². The van der Waals surface area contributed by atoms with Gasteiger partial charge in [0.25, 0.3) is 5.91 Å². The minimum atomic E-state index is -0.570. The smallest absolute Gasteiger partial charge is 0.337 e. The van der Waals surface area contributed by atoms with Crippen molar-refractivity contribution in [3.8, 4) is 5.75 Å². The Balaban J connectivity index is 1.64. The molecule has 2 aliphatic rings. The maximum atomic E-state index is 12.6. The SMILES string of the molecule is COC(=O)C1=C(Nc2cccc(OCCN3CCOCC3)c2)C(=O)N(CCO)C1. The van der Waals surface area contributed by atoms with Crippen molar-refractivity contribution in [2.24, 2.45) is 0 Å². The Labute approximate surface area is 169 Å². The lowest BCUT2D eigenvalue weighted by Gasteiger charge is -2.26. The first-order valence-electron chi connectivity index (χ1n) is 9.64. The van der Waals surface area contributed by atoms with Crippen molar-refractivity contribution in [1.82, 2.24) is 9.80 Å². The van der Waals surface area contributed by atoms with Crippen LogP contribution in [0.5, 0.6) is 5.75 Å². The molecule has 158 valence electrons. The lowest BCUT2D eigenvalue weighted by molar-refractivity contribution is -0.136. The van der Waals surface area contributed by atoms with Crippen LogP contribution in [-0.2, 0) is 19.1 Å². The number of esters is 1. The van der Waals surface area contributed by atoms with Crippen LogP contribution in [0.4, 0.5) is 5.69 Å². The van der Waals surface area contributed by atoms with Gasteiger partial charge in [-0.25, -0.2) is 4.79 Å². The number of benzene rings is 1. The summed E-state index contributed by atoms with van der Waals surface area (Å²) >= 11 is 0. The number of hydrogen-bond acceptors (Lipinski definition) is 8. The second-order valence-electron chi connectivity index (χ2n) is 6.75. The zero-order chi connectivity index (χ0) is 20.6. The van der Waals surface area contributed by atoms with Gasteiger partial charge in [-0.3, -0.25) is 9.69 Å². The standard InChI is InChI=1S/C20H27N3O6/c1-27-20(26)17-14-23(5-9-24)19(25)18(17)21-15-3-2-4-16(13-15)29-12-8-22-6-10-28-11-7-22/h2-4,13,21,24H,5-12,14H2,1H3. The predicted molar refractivity (Wildman–Crippen MR) is 106 cm³/mol. The van der Waals surface area contributed by atoms with Crippen molar-refractivity contribution in [2.75, 3.05) is 71.6 Å². The Bertz CT molecular complexity index is 760. The number of anilines is 1. The molecule has 0 aromatic heterocycles. The molecule has 3 rings (SSSR count). The molecule has 0 aliphatic carbocycles. The molecule has 1 saturated heterocycles. The minimum absolute atomic E-state index is 0.101. The van der Waals surface area contributed by atoms with Crippen molar-refractivity contribution < 1.29 is 28.9 Å². The first-order chi connectivity index (χ1) is 14.1. The number of aliphatic hydroxyl groups is 1. The number of carbonyl (C=O) groups is 2. The van der Waals surface area contributed by atoms with Crippen LogP contribution in [-0.4, -0.2) is 93.0 Å². The Morgan fingerprint density at radius 1 is 1.28 bits per heavy atom. The lowest BCUT2D eigenvalue weighted by atomic mass is 10.2. The van der Waals surface area contributed by atoms with Crippen LogP contribution < -0.4 is 10.1 Å². The maximum absolute atomic E-state index is 12.6. The van der Waals surface area contributed by atoms with Crippen LogP contribution in [0, 0.1) is 0 Å². The van der Waals surface area contributed by atoms with E-state index in [0.29, 0.717) is 18.0 Å². The van der Waals surface area contributed by atoms with Crippen LogP contribution in [0.2, 0.25) is 0 Å². The molecule has 2 heterocycles. The molecule has 2 N–H and O–H groups in total. The molecule has 0 spiro atoms. The summed E-state index contributed by atoms with van der Waals surface area (Å²) in [5.41, 5.74) is 1.03.